The molecule has 2 aliphatic rings. The molecule has 0 aromatic carbocycles. The number of nitrogens with zero attached hydrogens (tertiary/aromatic N) is 2. The Kier molecular flexibility index (Phi) is 3.34. The first kappa shape index (κ1) is 11.1. The molecule has 3 heterocycles. The molecule has 4 nitrogen and oxygen atoms in total. The Bertz CT molecular complexity index is 388. The number of rotatable bonds is 1. The highest BCUT2D eigenvalue weighted by atomic mass is 16.5. The molecule has 0 amide bonds. The molecule has 1 fully saturated rings. The molecule has 1 aromatic heterocycles. The summed E-state index contributed by atoms with van der Waals surface area (Å²) in [5.74, 6) is 1.54. The van der Waals surface area contributed by atoms with E-state index in [1.807, 2.05) is 6.20 Å². The summed E-state index contributed by atoms with van der Waals surface area (Å²) in [6.07, 6.45) is 6.27. The summed E-state index contributed by atoms with van der Waals surface area (Å²) >= 11 is 0. The van der Waals surface area contributed by atoms with Crippen molar-refractivity contribution in [1.29, 1.82) is 0 Å². The summed E-state index contributed by atoms with van der Waals surface area (Å²) in [6.45, 7) is 3.80. The van der Waals surface area contributed by atoms with E-state index in [0.29, 0.717) is 5.92 Å². The molecule has 1 aromatic rings. The Morgan fingerprint density at radius 1 is 1.18 bits per heavy atom. The maximum Gasteiger partial charge on any atom is 0.131 e. The number of nitrogens with one attached hydrogen (secondary N) is 1. The summed E-state index contributed by atoms with van der Waals surface area (Å²) in [4.78, 5) is 9.35. The van der Waals surface area contributed by atoms with Crippen molar-refractivity contribution in [3.63, 3.8) is 0 Å². The average molecular weight is 233 g/mol. The van der Waals surface area contributed by atoms with Gasteiger partial charge in [-0.15, -0.1) is 0 Å². The van der Waals surface area contributed by atoms with Gasteiger partial charge in [0.25, 0.3) is 0 Å². The van der Waals surface area contributed by atoms with Crippen molar-refractivity contribution in [1.82, 2.24) is 15.3 Å². The third-order valence-corrected chi connectivity index (χ3v) is 3.67. The molecule has 0 bridgehead atoms. The Morgan fingerprint density at radius 2 is 2.00 bits per heavy atom. The van der Waals surface area contributed by atoms with Gasteiger partial charge in [0.15, 0.2) is 0 Å². The molecule has 0 aliphatic carbocycles. The highest BCUT2D eigenvalue weighted by molar-refractivity contribution is 5.21. The van der Waals surface area contributed by atoms with Gasteiger partial charge in [-0.1, -0.05) is 0 Å². The Hall–Kier alpha value is -1.00. The first-order valence-electron chi connectivity index (χ1n) is 6.56. The first-order chi connectivity index (χ1) is 8.43. The van der Waals surface area contributed by atoms with Gasteiger partial charge in [0.05, 0.1) is 0 Å². The predicted molar refractivity (Wildman–Crippen MR) is 65.1 cm³/mol. The highest BCUT2D eigenvalue weighted by Gasteiger charge is 2.20. The topological polar surface area (TPSA) is 47.0 Å². The van der Waals surface area contributed by atoms with Crippen LogP contribution < -0.4 is 5.32 Å². The SMILES string of the molecule is c1nc(C2CCOCC2)nc2c1CCNCC2. The zero-order chi connectivity index (χ0) is 11.5. The summed E-state index contributed by atoms with van der Waals surface area (Å²) < 4.78 is 5.39. The van der Waals surface area contributed by atoms with Crippen LogP contribution in [0.5, 0.6) is 0 Å². The highest BCUT2D eigenvalue weighted by Crippen LogP contribution is 2.24. The van der Waals surface area contributed by atoms with Crippen LogP contribution in [0.1, 0.15) is 35.8 Å². The van der Waals surface area contributed by atoms with Crippen LogP contribution in [0.4, 0.5) is 0 Å². The minimum absolute atomic E-state index is 0.505. The lowest BCUT2D eigenvalue weighted by molar-refractivity contribution is 0.0835. The van der Waals surface area contributed by atoms with Crippen molar-refractivity contribution in [3.05, 3.63) is 23.3 Å². The molecule has 1 N–H and O–H groups in total. The van der Waals surface area contributed by atoms with Crippen LogP contribution in [-0.2, 0) is 17.6 Å². The first-order valence-corrected chi connectivity index (χ1v) is 6.56. The summed E-state index contributed by atoms with van der Waals surface area (Å²) in [6, 6.07) is 0. The summed E-state index contributed by atoms with van der Waals surface area (Å²) in [5.41, 5.74) is 2.58. The minimum atomic E-state index is 0.505. The fourth-order valence-electron chi connectivity index (χ4n) is 2.59. The second-order valence-electron chi connectivity index (χ2n) is 4.84. The third-order valence-electron chi connectivity index (χ3n) is 3.67. The number of hydrogen-bond acceptors (Lipinski definition) is 4. The van der Waals surface area contributed by atoms with Gasteiger partial charge in [0.1, 0.15) is 5.82 Å². The molecule has 0 saturated carbocycles. The molecule has 17 heavy (non-hydrogen) atoms. The van der Waals surface area contributed by atoms with Crippen LogP contribution in [0, 0.1) is 0 Å². The van der Waals surface area contributed by atoms with Crippen molar-refractivity contribution < 1.29 is 4.74 Å². The van der Waals surface area contributed by atoms with Crippen LogP contribution in [0.3, 0.4) is 0 Å². The van der Waals surface area contributed by atoms with E-state index in [1.165, 1.54) is 11.3 Å². The lowest BCUT2D eigenvalue weighted by Crippen LogP contribution is -2.17. The van der Waals surface area contributed by atoms with Crippen molar-refractivity contribution in [2.45, 2.75) is 31.6 Å². The van der Waals surface area contributed by atoms with Gasteiger partial charge in [0, 0.05) is 44.0 Å². The molecule has 2 aliphatic heterocycles. The molecular formula is C13H19N3O. The monoisotopic (exact) mass is 233 g/mol. The molecule has 0 radical (unpaired) electrons. The molecule has 3 rings (SSSR count). The van der Waals surface area contributed by atoms with Crippen LogP contribution >= 0.6 is 0 Å². The van der Waals surface area contributed by atoms with E-state index in [4.69, 9.17) is 9.72 Å². The van der Waals surface area contributed by atoms with Gasteiger partial charge in [-0.25, -0.2) is 9.97 Å². The van der Waals surface area contributed by atoms with E-state index in [9.17, 15) is 0 Å². The number of hydrogen-bond donors (Lipinski definition) is 1. The normalized spacial score (nSPS) is 21.9. The Morgan fingerprint density at radius 3 is 2.88 bits per heavy atom. The van der Waals surface area contributed by atoms with Crippen molar-refractivity contribution in [3.8, 4) is 0 Å². The van der Waals surface area contributed by atoms with Crippen LogP contribution in [0.15, 0.2) is 6.20 Å². The van der Waals surface area contributed by atoms with Crippen molar-refractivity contribution in [2.24, 2.45) is 0 Å². The van der Waals surface area contributed by atoms with E-state index in [0.717, 1.165) is 57.8 Å². The van der Waals surface area contributed by atoms with Gasteiger partial charge in [-0.05, 0) is 31.4 Å². The van der Waals surface area contributed by atoms with Crippen LogP contribution in [-0.4, -0.2) is 36.3 Å². The zero-order valence-electron chi connectivity index (χ0n) is 10.1. The Labute approximate surface area is 102 Å². The number of aromatic nitrogens is 2. The van der Waals surface area contributed by atoms with Crippen LogP contribution in [0.2, 0.25) is 0 Å². The van der Waals surface area contributed by atoms with Gasteiger partial charge in [-0.3, -0.25) is 0 Å². The lowest BCUT2D eigenvalue weighted by atomic mass is 9.99. The fourth-order valence-corrected chi connectivity index (χ4v) is 2.59. The minimum Gasteiger partial charge on any atom is -0.381 e. The third kappa shape index (κ3) is 2.48. The maximum absolute atomic E-state index is 5.39. The molecule has 1 saturated heterocycles. The zero-order valence-corrected chi connectivity index (χ0v) is 10.1. The van der Waals surface area contributed by atoms with Gasteiger partial charge >= 0.3 is 0 Å². The van der Waals surface area contributed by atoms with E-state index in [-0.39, 0.29) is 0 Å². The molecule has 0 spiro atoms. The van der Waals surface area contributed by atoms with Gasteiger partial charge < -0.3 is 10.1 Å². The lowest BCUT2D eigenvalue weighted by Gasteiger charge is -2.21. The predicted octanol–water partition coefficient (Wildman–Crippen LogP) is 1.06. The molecule has 0 atom stereocenters. The second-order valence-corrected chi connectivity index (χ2v) is 4.84. The molecular weight excluding hydrogens is 214 g/mol. The second kappa shape index (κ2) is 5.10. The van der Waals surface area contributed by atoms with E-state index >= 15 is 0 Å². The van der Waals surface area contributed by atoms with E-state index < -0.39 is 0 Å². The largest absolute Gasteiger partial charge is 0.381 e. The molecule has 4 heteroatoms. The standard InChI is InChI=1S/C13H19N3O/c1-5-14-6-2-12-11(1)9-15-13(16-12)10-3-7-17-8-4-10/h9-10,14H,1-8H2. The van der Waals surface area contributed by atoms with E-state index in [1.54, 1.807) is 0 Å². The maximum atomic E-state index is 5.39. The average Bonchev–Trinajstić information content (AvgIpc) is 2.64. The van der Waals surface area contributed by atoms with Gasteiger partial charge in [0.2, 0.25) is 0 Å². The quantitative estimate of drug-likeness (QED) is 0.788. The summed E-state index contributed by atoms with van der Waals surface area (Å²) in [5, 5.41) is 3.41. The number of fused-ring (bicyclic) bond motifs is 1. The van der Waals surface area contributed by atoms with Crippen LogP contribution in [0.25, 0.3) is 0 Å². The van der Waals surface area contributed by atoms with Crippen molar-refractivity contribution in [2.75, 3.05) is 26.3 Å². The van der Waals surface area contributed by atoms with E-state index in [2.05, 4.69) is 10.3 Å². The summed E-state index contributed by atoms with van der Waals surface area (Å²) in [7, 11) is 0. The number of ether oxygens (including phenoxy) is 1. The molecule has 92 valence electrons. The Balaban J connectivity index is 1.83. The van der Waals surface area contributed by atoms with Gasteiger partial charge in [-0.2, -0.15) is 0 Å². The molecule has 0 unspecified atom stereocenters. The van der Waals surface area contributed by atoms with Crippen molar-refractivity contribution >= 4 is 0 Å². The fraction of sp³-hybridized carbons (Fsp3) is 0.692. The smallest absolute Gasteiger partial charge is 0.131 e.